The van der Waals surface area contributed by atoms with Gasteiger partial charge in [-0.25, -0.2) is 0 Å². The van der Waals surface area contributed by atoms with E-state index in [0.29, 0.717) is 19.8 Å². The lowest BCUT2D eigenvalue weighted by Crippen LogP contribution is -2.50. The number of aliphatic hydroxyl groups excluding tert-OH is 1. The standard InChI is InChI=1S/C16H17NO4/c18-9-13-10-21-6-5-17(13)16(20)14-7-11-3-1-2-4-12(11)8-15(14)19/h1-4,7-8,13,18-19H,5-6,9-10H2. The minimum Gasteiger partial charge on any atom is -0.507 e. The number of amides is 1. The van der Waals surface area contributed by atoms with Gasteiger partial charge in [-0.1, -0.05) is 24.3 Å². The van der Waals surface area contributed by atoms with Crippen LogP contribution >= 0.6 is 0 Å². The zero-order valence-corrected chi connectivity index (χ0v) is 11.5. The molecule has 1 aliphatic heterocycles. The van der Waals surface area contributed by atoms with Crippen molar-refractivity contribution in [3.63, 3.8) is 0 Å². The van der Waals surface area contributed by atoms with Crippen molar-refractivity contribution in [1.82, 2.24) is 4.90 Å². The fourth-order valence-electron chi connectivity index (χ4n) is 2.63. The summed E-state index contributed by atoms with van der Waals surface area (Å²) < 4.78 is 5.27. The van der Waals surface area contributed by atoms with Crippen molar-refractivity contribution in [2.45, 2.75) is 6.04 Å². The molecular weight excluding hydrogens is 270 g/mol. The van der Waals surface area contributed by atoms with Gasteiger partial charge in [-0.05, 0) is 22.9 Å². The van der Waals surface area contributed by atoms with E-state index < -0.39 is 0 Å². The van der Waals surface area contributed by atoms with E-state index in [0.717, 1.165) is 10.8 Å². The van der Waals surface area contributed by atoms with Gasteiger partial charge in [0, 0.05) is 6.54 Å². The molecule has 5 heteroatoms. The molecule has 2 N–H and O–H groups in total. The second-order valence-electron chi connectivity index (χ2n) is 5.13. The lowest BCUT2D eigenvalue weighted by molar-refractivity contribution is -0.0185. The van der Waals surface area contributed by atoms with Crippen LogP contribution < -0.4 is 0 Å². The Balaban J connectivity index is 1.98. The van der Waals surface area contributed by atoms with Gasteiger partial charge in [0.25, 0.3) is 5.91 Å². The molecule has 0 aromatic heterocycles. The quantitative estimate of drug-likeness (QED) is 0.875. The molecule has 0 saturated carbocycles. The zero-order valence-electron chi connectivity index (χ0n) is 11.5. The Morgan fingerprint density at radius 2 is 2.00 bits per heavy atom. The summed E-state index contributed by atoms with van der Waals surface area (Å²) in [6.07, 6.45) is 0. The van der Waals surface area contributed by atoms with Gasteiger partial charge < -0.3 is 19.8 Å². The Morgan fingerprint density at radius 1 is 1.29 bits per heavy atom. The van der Waals surface area contributed by atoms with Gasteiger partial charge in [-0.15, -0.1) is 0 Å². The number of benzene rings is 2. The molecule has 0 spiro atoms. The van der Waals surface area contributed by atoms with Gasteiger partial charge in [-0.3, -0.25) is 4.79 Å². The summed E-state index contributed by atoms with van der Waals surface area (Å²) in [7, 11) is 0. The van der Waals surface area contributed by atoms with Crippen molar-refractivity contribution >= 4 is 16.7 Å². The van der Waals surface area contributed by atoms with E-state index in [4.69, 9.17) is 4.74 Å². The van der Waals surface area contributed by atoms with Crippen LogP contribution in [0.2, 0.25) is 0 Å². The molecule has 21 heavy (non-hydrogen) atoms. The maximum absolute atomic E-state index is 12.6. The van der Waals surface area contributed by atoms with Crippen LogP contribution in [0, 0.1) is 0 Å². The smallest absolute Gasteiger partial charge is 0.258 e. The predicted octanol–water partition coefficient (Wildman–Crippen LogP) is 1.38. The average Bonchev–Trinajstić information content (AvgIpc) is 2.53. The number of rotatable bonds is 2. The SMILES string of the molecule is O=C(c1cc2ccccc2cc1O)N1CCOCC1CO. The van der Waals surface area contributed by atoms with Crippen LogP contribution in [-0.2, 0) is 4.74 Å². The summed E-state index contributed by atoms with van der Waals surface area (Å²) in [6.45, 7) is 1.02. The molecule has 1 heterocycles. The van der Waals surface area contributed by atoms with E-state index >= 15 is 0 Å². The van der Waals surface area contributed by atoms with Crippen LogP contribution in [0.4, 0.5) is 0 Å². The molecule has 110 valence electrons. The molecule has 0 bridgehead atoms. The first-order valence-electron chi connectivity index (χ1n) is 6.92. The Morgan fingerprint density at radius 3 is 2.71 bits per heavy atom. The number of carbonyl (C=O) groups excluding carboxylic acids is 1. The number of fused-ring (bicyclic) bond motifs is 1. The Kier molecular flexibility index (Phi) is 3.77. The molecule has 5 nitrogen and oxygen atoms in total. The fourth-order valence-corrected chi connectivity index (χ4v) is 2.63. The molecule has 1 saturated heterocycles. The van der Waals surface area contributed by atoms with Crippen LogP contribution in [0.15, 0.2) is 36.4 Å². The lowest BCUT2D eigenvalue weighted by Gasteiger charge is -2.34. The largest absolute Gasteiger partial charge is 0.507 e. The van der Waals surface area contributed by atoms with Gasteiger partial charge in [-0.2, -0.15) is 0 Å². The highest BCUT2D eigenvalue weighted by molar-refractivity contribution is 6.01. The second kappa shape index (κ2) is 5.71. The molecular formula is C16H17NO4. The molecule has 2 aromatic carbocycles. The minimum absolute atomic E-state index is 0.0399. The minimum atomic E-state index is -0.364. The average molecular weight is 287 g/mol. The maximum atomic E-state index is 12.6. The summed E-state index contributed by atoms with van der Waals surface area (Å²) in [5.41, 5.74) is 0.258. The van der Waals surface area contributed by atoms with Crippen LogP contribution in [0.5, 0.6) is 5.75 Å². The van der Waals surface area contributed by atoms with Crippen molar-refractivity contribution in [1.29, 1.82) is 0 Å². The van der Waals surface area contributed by atoms with Crippen molar-refractivity contribution in [2.75, 3.05) is 26.4 Å². The third-order valence-electron chi connectivity index (χ3n) is 3.79. The van der Waals surface area contributed by atoms with E-state index in [2.05, 4.69) is 0 Å². The van der Waals surface area contributed by atoms with Crippen molar-refractivity contribution in [2.24, 2.45) is 0 Å². The zero-order chi connectivity index (χ0) is 14.8. The van der Waals surface area contributed by atoms with Gasteiger partial charge in [0.05, 0.1) is 31.4 Å². The van der Waals surface area contributed by atoms with Crippen molar-refractivity contribution in [3.8, 4) is 5.75 Å². The molecule has 2 aromatic rings. The number of hydrogen-bond donors (Lipinski definition) is 2. The summed E-state index contributed by atoms with van der Waals surface area (Å²) >= 11 is 0. The first kappa shape index (κ1) is 13.9. The highest BCUT2D eigenvalue weighted by Gasteiger charge is 2.29. The number of aliphatic hydroxyl groups is 1. The number of aromatic hydroxyl groups is 1. The molecule has 1 fully saturated rings. The molecule has 1 unspecified atom stereocenters. The van der Waals surface area contributed by atoms with Crippen LogP contribution in [-0.4, -0.2) is 53.4 Å². The lowest BCUT2D eigenvalue weighted by atomic mass is 10.0. The topological polar surface area (TPSA) is 70.0 Å². The third-order valence-corrected chi connectivity index (χ3v) is 3.79. The Hall–Kier alpha value is -2.11. The fraction of sp³-hybridized carbons (Fsp3) is 0.312. The Bertz CT molecular complexity index is 670. The van der Waals surface area contributed by atoms with E-state index in [1.807, 2.05) is 24.3 Å². The van der Waals surface area contributed by atoms with E-state index in [9.17, 15) is 15.0 Å². The number of carbonyl (C=O) groups is 1. The maximum Gasteiger partial charge on any atom is 0.258 e. The molecule has 1 atom stereocenters. The van der Waals surface area contributed by atoms with Crippen molar-refractivity contribution < 1.29 is 19.7 Å². The second-order valence-corrected chi connectivity index (χ2v) is 5.13. The first-order valence-corrected chi connectivity index (χ1v) is 6.92. The van der Waals surface area contributed by atoms with Crippen LogP contribution in [0.3, 0.4) is 0 Å². The number of morpholine rings is 1. The highest BCUT2D eigenvalue weighted by atomic mass is 16.5. The van der Waals surface area contributed by atoms with Gasteiger partial charge in [0.1, 0.15) is 5.75 Å². The third kappa shape index (κ3) is 2.57. The number of phenolic OH excluding ortho intramolecular Hbond substituents is 1. The number of phenols is 1. The predicted molar refractivity (Wildman–Crippen MR) is 78.3 cm³/mol. The van der Waals surface area contributed by atoms with Gasteiger partial charge in [0.15, 0.2) is 0 Å². The molecule has 1 aliphatic rings. The highest BCUT2D eigenvalue weighted by Crippen LogP contribution is 2.27. The van der Waals surface area contributed by atoms with E-state index in [-0.39, 0.29) is 29.9 Å². The molecule has 3 rings (SSSR count). The number of ether oxygens (including phenoxy) is 1. The van der Waals surface area contributed by atoms with Crippen molar-refractivity contribution in [3.05, 3.63) is 42.0 Å². The summed E-state index contributed by atoms with van der Waals surface area (Å²) in [6, 6.07) is 10.5. The molecule has 1 amide bonds. The van der Waals surface area contributed by atoms with E-state index in [1.165, 1.54) is 0 Å². The van der Waals surface area contributed by atoms with Gasteiger partial charge in [0.2, 0.25) is 0 Å². The summed E-state index contributed by atoms with van der Waals surface area (Å²) in [5, 5.41) is 21.3. The van der Waals surface area contributed by atoms with Crippen LogP contribution in [0.25, 0.3) is 10.8 Å². The summed E-state index contributed by atoms with van der Waals surface area (Å²) in [5.74, 6) is -0.317. The summed E-state index contributed by atoms with van der Waals surface area (Å²) in [4.78, 5) is 14.2. The number of nitrogens with zero attached hydrogens (tertiary/aromatic N) is 1. The number of hydrogen-bond acceptors (Lipinski definition) is 4. The van der Waals surface area contributed by atoms with Gasteiger partial charge >= 0.3 is 0 Å². The monoisotopic (exact) mass is 287 g/mol. The van der Waals surface area contributed by atoms with Crippen LogP contribution in [0.1, 0.15) is 10.4 Å². The first-order chi connectivity index (χ1) is 10.2. The molecule has 0 radical (unpaired) electrons. The van der Waals surface area contributed by atoms with E-state index in [1.54, 1.807) is 17.0 Å². The Labute approximate surface area is 122 Å². The molecule has 0 aliphatic carbocycles. The normalized spacial score (nSPS) is 18.9.